The van der Waals surface area contributed by atoms with Crippen LogP contribution in [0.2, 0.25) is 5.02 Å². The zero-order valence-electron chi connectivity index (χ0n) is 12.8. The molecule has 1 aliphatic heterocycles. The number of nitrogens with zero attached hydrogens (tertiary/aromatic N) is 4. The highest BCUT2D eigenvalue weighted by atomic mass is 35.5. The van der Waals surface area contributed by atoms with Crippen molar-refractivity contribution in [3.8, 4) is 0 Å². The maximum absolute atomic E-state index is 9.94. The minimum Gasteiger partial charge on any atom is -0.392 e. The molecule has 1 aromatic rings. The van der Waals surface area contributed by atoms with Gasteiger partial charge in [0.05, 0.1) is 22.5 Å². The van der Waals surface area contributed by atoms with Crippen LogP contribution in [0.4, 0.5) is 0 Å². The minimum atomic E-state index is -0.238. The predicted octanol–water partition coefficient (Wildman–Crippen LogP) is 1.13. The van der Waals surface area contributed by atoms with E-state index in [0.717, 1.165) is 42.3 Å². The van der Waals surface area contributed by atoms with Crippen molar-refractivity contribution in [1.82, 2.24) is 19.6 Å². The summed E-state index contributed by atoms with van der Waals surface area (Å²) >= 11 is 6.42. The van der Waals surface area contributed by atoms with Gasteiger partial charge in [0, 0.05) is 32.7 Å². The lowest BCUT2D eigenvalue weighted by atomic mass is 10.2. The molecule has 0 radical (unpaired) electrons. The molecular formula is C14H25ClN4O. The normalized spacial score (nSPS) is 23.9. The van der Waals surface area contributed by atoms with Gasteiger partial charge in [0.15, 0.2) is 0 Å². The van der Waals surface area contributed by atoms with Gasteiger partial charge >= 0.3 is 0 Å². The molecule has 2 heterocycles. The number of likely N-dealkylation sites (tertiary alicyclic amines) is 1. The second kappa shape index (κ2) is 6.43. The van der Waals surface area contributed by atoms with Crippen LogP contribution in [0.15, 0.2) is 0 Å². The largest absolute Gasteiger partial charge is 0.392 e. The predicted molar refractivity (Wildman–Crippen MR) is 81.0 cm³/mol. The Labute approximate surface area is 126 Å². The third-order valence-electron chi connectivity index (χ3n) is 3.94. The van der Waals surface area contributed by atoms with Crippen LogP contribution in [0.1, 0.15) is 24.7 Å². The number of aliphatic hydroxyl groups is 1. The van der Waals surface area contributed by atoms with E-state index < -0.39 is 0 Å². The standard InChI is InChI=1S/C14H25ClN4O/c1-5-12-14(15)13(18(4)16-12)9-19-8-11(20)6-10(19)7-17(2)3/h10-11,20H,5-9H2,1-4H3. The number of hydrogen-bond acceptors (Lipinski definition) is 4. The van der Waals surface area contributed by atoms with Crippen molar-refractivity contribution in [1.29, 1.82) is 0 Å². The Morgan fingerprint density at radius 3 is 2.70 bits per heavy atom. The first-order chi connectivity index (χ1) is 9.42. The fourth-order valence-corrected chi connectivity index (χ4v) is 3.30. The minimum absolute atomic E-state index is 0.238. The van der Waals surface area contributed by atoms with E-state index in [-0.39, 0.29) is 6.10 Å². The average molecular weight is 301 g/mol. The van der Waals surface area contributed by atoms with Gasteiger partial charge in [-0.1, -0.05) is 18.5 Å². The lowest BCUT2D eigenvalue weighted by molar-refractivity contribution is 0.167. The molecule has 5 nitrogen and oxygen atoms in total. The molecule has 0 aromatic carbocycles. The maximum atomic E-state index is 9.94. The molecule has 0 spiro atoms. The van der Waals surface area contributed by atoms with E-state index in [1.165, 1.54) is 0 Å². The molecule has 6 heteroatoms. The van der Waals surface area contributed by atoms with E-state index in [4.69, 9.17) is 11.6 Å². The highest BCUT2D eigenvalue weighted by molar-refractivity contribution is 6.31. The zero-order valence-corrected chi connectivity index (χ0v) is 13.6. The number of aromatic nitrogens is 2. The van der Waals surface area contributed by atoms with Gasteiger partial charge in [0.1, 0.15) is 0 Å². The summed E-state index contributed by atoms with van der Waals surface area (Å²) in [7, 11) is 6.07. The molecular weight excluding hydrogens is 276 g/mol. The topological polar surface area (TPSA) is 44.5 Å². The lowest BCUT2D eigenvalue weighted by Gasteiger charge is -2.26. The molecule has 0 aliphatic carbocycles. The van der Waals surface area contributed by atoms with Crippen LogP contribution in [0.5, 0.6) is 0 Å². The first kappa shape index (κ1) is 15.8. The molecule has 0 bridgehead atoms. The second-order valence-corrected chi connectivity index (χ2v) is 6.30. The quantitative estimate of drug-likeness (QED) is 0.885. The Bertz CT molecular complexity index is 460. The Kier molecular flexibility index (Phi) is 5.07. The first-order valence-electron chi connectivity index (χ1n) is 7.19. The smallest absolute Gasteiger partial charge is 0.0863 e. The number of aryl methyl sites for hydroxylation is 2. The van der Waals surface area contributed by atoms with Crippen molar-refractivity contribution >= 4 is 11.6 Å². The summed E-state index contributed by atoms with van der Waals surface area (Å²) < 4.78 is 1.87. The number of likely N-dealkylation sites (N-methyl/N-ethyl adjacent to an activating group) is 1. The fourth-order valence-electron chi connectivity index (χ4n) is 2.95. The molecule has 1 aromatic heterocycles. The number of halogens is 1. The molecule has 1 aliphatic rings. The van der Waals surface area contributed by atoms with Gasteiger partial charge in [-0.05, 0) is 26.9 Å². The number of β-amino-alcohol motifs (C(OH)–C–C–N with tert-alkyl or cyclic N) is 1. The van der Waals surface area contributed by atoms with Crippen molar-refractivity contribution < 1.29 is 5.11 Å². The van der Waals surface area contributed by atoms with Gasteiger partial charge in [-0.15, -0.1) is 0 Å². The SMILES string of the molecule is CCc1nn(C)c(CN2CC(O)CC2CN(C)C)c1Cl. The van der Waals surface area contributed by atoms with Crippen molar-refractivity contribution in [3.63, 3.8) is 0 Å². The summed E-state index contributed by atoms with van der Waals surface area (Å²) in [4.78, 5) is 4.48. The molecule has 1 fully saturated rings. The summed E-state index contributed by atoms with van der Waals surface area (Å²) in [6, 6.07) is 0.371. The van der Waals surface area contributed by atoms with E-state index in [1.54, 1.807) is 0 Å². The molecule has 0 amide bonds. The van der Waals surface area contributed by atoms with Crippen LogP contribution in [-0.4, -0.2) is 64.0 Å². The highest BCUT2D eigenvalue weighted by Gasteiger charge is 2.32. The van der Waals surface area contributed by atoms with Gasteiger partial charge in [-0.25, -0.2) is 0 Å². The van der Waals surface area contributed by atoms with Crippen molar-refractivity contribution in [2.75, 3.05) is 27.2 Å². The molecule has 114 valence electrons. The van der Waals surface area contributed by atoms with Gasteiger partial charge in [0.25, 0.3) is 0 Å². The van der Waals surface area contributed by atoms with Gasteiger partial charge in [-0.3, -0.25) is 9.58 Å². The summed E-state index contributed by atoms with van der Waals surface area (Å²) in [5, 5.41) is 15.2. The Morgan fingerprint density at radius 2 is 2.15 bits per heavy atom. The van der Waals surface area contributed by atoms with Crippen LogP contribution < -0.4 is 0 Å². The number of aliphatic hydroxyl groups excluding tert-OH is 1. The van der Waals surface area contributed by atoms with E-state index in [1.807, 2.05) is 11.7 Å². The molecule has 2 rings (SSSR count). The third-order valence-corrected chi connectivity index (χ3v) is 4.37. The molecule has 2 unspecified atom stereocenters. The van der Waals surface area contributed by atoms with Crippen molar-refractivity contribution in [3.05, 3.63) is 16.4 Å². The van der Waals surface area contributed by atoms with E-state index >= 15 is 0 Å². The van der Waals surface area contributed by atoms with Gasteiger partial charge in [0.2, 0.25) is 0 Å². The molecule has 20 heavy (non-hydrogen) atoms. The number of hydrogen-bond donors (Lipinski definition) is 1. The lowest BCUT2D eigenvalue weighted by Crippen LogP contribution is -2.37. The van der Waals surface area contributed by atoms with E-state index in [0.29, 0.717) is 12.6 Å². The second-order valence-electron chi connectivity index (χ2n) is 5.92. The van der Waals surface area contributed by atoms with Crippen LogP contribution in [0, 0.1) is 0 Å². The fraction of sp³-hybridized carbons (Fsp3) is 0.786. The monoisotopic (exact) mass is 300 g/mol. The Morgan fingerprint density at radius 1 is 1.45 bits per heavy atom. The summed E-state index contributed by atoms with van der Waals surface area (Å²) in [6.07, 6.45) is 1.43. The van der Waals surface area contributed by atoms with Crippen molar-refractivity contribution in [2.24, 2.45) is 7.05 Å². The third kappa shape index (κ3) is 3.34. The van der Waals surface area contributed by atoms with Crippen molar-refractivity contribution in [2.45, 2.75) is 38.5 Å². The maximum Gasteiger partial charge on any atom is 0.0863 e. The molecule has 2 atom stereocenters. The van der Waals surface area contributed by atoms with Crippen LogP contribution in [0.25, 0.3) is 0 Å². The van der Waals surface area contributed by atoms with Gasteiger partial charge < -0.3 is 10.0 Å². The van der Waals surface area contributed by atoms with E-state index in [9.17, 15) is 5.11 Å². The molecule has 1 saturated heterocycles. The Balaban J connectivity index is 2.13. The summed E-state index contributed by atoms with van der Waals surface area (Å²) in [5.74, 6) is 0. The molecule has 1 N–H and O–H groups in total. The zero-order chi connectivity index (χ0) is 14.9. The summed E-state index contributed by atoms with van der Waals surface area (Å²) in [5.41, 5.74) is 1.99. The van der Waals surface area contributed by atoms with Crippen LogP contribution in [-0.2, 0) is 20.0 Å². The van der Waals surface area contributed by atoms with Crippen LogP contribution >= 0.6 is 11.6 Å². The summed E-state index contributed by atoms with van der Waals surface area (Å²) in [6.45, 7) is 4.47. The highest BCUT2D eigenvalue weighted by Crippen LogP contribution is 2.26. The number of rotatable bonds is 5. The molecule has 0 saturated carbocycles. The average Bonchev–Trinajstić information content (AvgIpc) is 2.83. The van der Waals surface area contributed by atoms with Gasteiger partial charge in [-0.2, -0.15) is 5.10 Å². The van der Waals surface area contributed by atoms with E-state index in [2.05, 4.69) is 35.9 Å². The first-order valence-corrected chi connectivity index (χ1v) is 7.57. The Hall–Kier alpha value is -0.620. The van der Waals surface area contributed by atoms with Crippen LogP contribution in [0.3, 0.4) is 0 Å².